The Kier molecular flexibility index (Phi) is 2.32. The minimum atomic E-state index is -1.10. The van der Waals surface area contributed by atoms with Crippen LogP contribution in [0.5, 0.6) is 0 Å². The lowest BCUT2D eigenvalue weighted by Gasteiger charge is -2.05. The van der Waals surface area contributed by atoms with Crippen molar-refractivity contribution in [2.24, 2.45) is 0 Å². The minimum absolute atomic E-state index is 0.0463. The van der Waals surface area contributed by atoms with Crippen molar-refractivity contribution in [3.05, 3.63) is 35.4 Å². The second kappa shape index (κ2) is 3.65. The van der Waals surface area contributed by atoms with E-state index in [1.165, 1.54) is 18.2 Å². The molecule has 0 atom stereocenters. The standard InChI is InChI=1S/C10H8N2O4/c13-8-7(9(14)12-11-8)5-2-1-3-6(4-5)10(15)16/h1-4,7H,(H,11,13)(H,12,14)(H,15,16). The fourth-order valence-corrected chi connectivity index (χ4v) is 1.54. The van der Waals surface area contributed by atoms with Crippen molar-refractivity contribution in [3.63, 3.8) is 0 Å². The summed E-state index contributed by atoms with van der Waals surface area (Å²) >= 11 is 0. The Morgan fingerprint density at radius 1 is 1.19 bits per heavy atom. The molecule has 1 aromatic rings. The van der Waals surface area contributed by atoms with Crippen LogP contribution in [-0.2, 0) is 9.59 Å². The molecule has 1 heterocycles. The summed E-state index contributed by atoms with van der Waals surface area (Å²) in [5.74, 6) is -3.03. The third kappa shape index (κ3) is 1.60. The van der Waals surface area contributed by atoms with Crippen molar-refractivity contribution in [2.45, 2.75) is 5.92 Å². The Hall–Kier alpha value is -2.37. The third-order valence-electron chi connectivity index (χ3n) is 2.30. The second-order valence-electron chi connectivity index (χ2n) is 3.34. The molecule has 0 unspecified atom stereocenters. The summed E-state index contributed by atoms with van der Waals surface area (Å²) in [6.07, 6.45) is 0. The van der Waals surface area contributed by atoms with Gasteiger partial charge in [-0.15, -0.1) is 0 Å². The van der Waals surface area contributed by atoms with Gasteiger partial charge in [0.2, 0.25) is 0 Å². The highest BCUT2D eigenvalue weighted by atomic mass is 16.4. The molecule has 3 N–H and O–H groups in total. The van der Waals surface area contributed by atoms with Crippen LogP contribution >= 0.6 is 0 Å². The zero-order valence-corrected chi connectivity index (χ0v) is 8.06. The molecular formula is C10H8N2O4. The van der Waals surface area contributed by atoms with E-state index in [0.29, 0.717) is 5.56 Å². The first-order chi connectivity index (χ1) is 7.59. The van der Waals surface area contributed by atoms with Crippen molar-refractivity contribution in [3.8, 4) is 0 Å². The van der Waals surface area contributed by atoms with E-state index < -0.39 is 23.7 Å². The maximum Gasteiger partial charge on any atom is 0.335 e. The molecule has 1 fully saturated rings. The Bertz CT molecular complexity index is 467. The zero-order valence-electron chi connectivity index (χ0n) is 8.06. The highest BCUT2D eigenvalue weighted by Crippen LogP contribution is 2.20. The lowest BCUT2D eigenvalue weighted by atomic mass is 9.97. The van der Waals surface area contributed by atoms with Crippen LogP contribution in [0.1, 0.15) is 21.8 Å². The van der Waals surface area contributed by atoms with Gasteiger partial charge in [-0.25, -0.2) is 4.79 Å². The SMILES string of the molecule is O=C(O)c1cccc(C2C(=O)NNC2=O)c1. The predicted octanol–water partition coefficient (Wildman–Crippen LogP) is -0.371. The van der Waals surface area contributed by atoms with Gasteiger partial charge in [0, 0.05) is 0 Å². The van der Waals surface area contributed by atoms with Crippen molar-refractivity contribution >= 4 is 17.8 Å². The van der Waals surface area contributed by atoms with Gasteiger partial charge in [-0.3, -0.25) is 20.4 Å². The molecule has 6 nitrogen and oxygen atoms in total. The van der Waals surface area contributed by atoms with E-state index in [-0.39, 0.29) is 5.56 Å². The minimum Gasteiger partial charge on any atom is -0.478 e. The smallest absolute Gasteiger partial charge is 0.335 e. The summed E-state index contributed by atoms with van der Waals surface area (Å²) in [6, 6.07) is 5.76. The van der Waals surface area contributed by atoms with Gasteiger partial charge in [-0.05, 0) is 17.7 Å². The average Bonchev–Trinajstić information content (AvgIpc) is 2.59. The van der Waals surface area contributed by atoms with Crippen LogP contribution < -0.4 is 10.9 Å². The Labute approximate surface area is 90.2 Å². The maximum absolute atomic E-state index is 11.3. The van der Waals surface area contributed by atoms with Crippen LogP contribution in [-0.4, -0.2) is 22.9 Å². The van der Waals surface area contributed by atoms with Crippen LogP contribution in [0.4, 0.5) is 0 Å². The van der Waals surface area contributed by atoms with Crippen LogP contribution in [0.3, 0.4) is 0 Å². The Morgan fingerprint density at radius 3 is 2.38 bits per heavy atom. The Morgan fingerprint density at radius 2 is 1.81 bits per heavy atom. The molecule has 1 aliphatic rings. The summed E-state index contributed by atoms with van der Waals surface area (Å²) in [5, 5.41) is 8.78. The van der Waals surface area contributed by atoms with Gasteiger partial charge in [-0.1, -0.05) is 12.1 Å². The van der Waals surface area contributed by atoms with Crippen LogP contribution in [0, 0.1) is 0 Å². The lowest BCUT2D eigenvalue weighted by Crippen LogP contribution is -2.28. The molecule has 0 spiro atoms. The number of carbonyl (C=O) groups excluding carboxylic acids is 2. The summed E-state index contributed by atoms with van der Waals surface area (Å²) in [5.41, 5.74) is 4.78. The molecule has 0 radical (unpaired) electrons. The van der Waals surface area contributed by atoms with Gasteiger partial charge in [0.1, 0.15) is 5.92 Å². The van der Waals surface area contributed by atoms with E-state index in [1.807, 2.05) is 0 Å². The number of benzene rings is 1. The van der Waals surface area contributed by atoms with Gasteiger partial charge in [0.15, 0.2) is 0 Å². The number of amides is 2. The largest absolute Gasteiger partial charge is 0.478 e. The molecule has 6 heteroatoms. The van der Waals surface area contributed by atoms with Gasteiger partial charge in [0.25, 0.3) is 11.8 Å². The lowest BCUT2D eigenvalue weighted by molar-refractivity contribution is -0.124. The first-order valence-electron chi connectivity index (χ1n) is 4.52. The topological polar surface area (TPSA) is 95.5 Å². The molecule has 16 heavy (non-hydrogen) atoms. The molecule has 1 aliphatic heterocycles. The number of hydrogen-bond donors (Lipinski definition) is 3. The highest BCUT2D eigenvalue weighted by molar-refractivity contribution is 6.10. The van der Waals surface area contributed by atoms with E-state index in [2.05, 4.69) is 10.9 Å². The normalized spacial score (nSPS) is 15.8. The van der Waals surface area contributed by atoms with Crippen molar-refractivity contribution in [2.75, 3.05) is 0 Å². The summed E-state index contributed by atoms with van der Waals surface area (Å²) in [4.78, 5) is 33.4. The molecule has 0 aromatic heterocycles. The fraction of sp³-hybridized carbons (Fsp3) is 0.100. The van der Waals surface area contributed by atoms with Gasteiger partial charge < -0.3 is 5.11 Å². The van der Waals surface area contributed by atoms with Crippen LogP contribution in [0.2, 0.25) is 0 Å². The van der Waals surface area contributed by atoms with Crippen molar-refractivity contribution in [1.29, 1.82) is 0 Å². The van der Waals surface area contributed by atoms with Crippen LogP contribution in [0.25, 0.3) is 0 Å². The van der Waals surface area contributed by atoms with Crippen LogP contribution in [0.15, 0.2) is 24.3 Å². The van der Waals surface area contributed by atoms with Crippen molar-refractivity contribution in [1.82, 2.24) is 10.9 Å². The van der Waals surface area contributed by atoms with Gasteiger partial charge in [0.05, 0.1) is 5.56 Å². The number of hydrogen-bond acceptors (Lipinski definition) is 3. The van der Waals surface area contributed by atoms with Gasteiger partial charge in [-0.2, -0.15) is 0 Å². The molecule has 0 aliphatic carbocycles. The first kappa shape index (κ1) is 10.2. The number of carboxylic acids is 1. The number of nitrogens with one attached hydrogen (secondary N) is 2. The highest BCUT2D eigenvalue weighted by Gasteiger charge is 2.34. The third-order valence-corrected chi connectivity index (χ3v) is 2.30. The second-order valence-corrected chi connectivity index (χ2v) is 3.34. The number of carbonyl (C=O) groups is 3. The quantitative estimate of drug-likeness (QED) is 0.592. The van der Waals surface area contributed by atoms with E-state index >= 15 is 0 Å². The predicted molar refractivity (Wildman–Crippen MR) is 52.4 cm³/mol. The molecular weight excluding hydrogens is 212 g/mol. The fourth-order valence-electron chi connectivity index (χ4n) is 1.54. The monoisotopic (exact) mass is 220 g/mol. The van der Waals surface area contributed by atoms with Gasteiger partial charge >= 0.3 is 5.97 Å². The summed E-state index contributed by atoms with van der Waals surface area (Å²) < 4.78 is 0. The van der Waals surface area contributed by atoms with E-state index in [0.717, 1.165) is 0 Å². The number of hydrazine groups is 1. The molecule has 1 aromatic carbocycles. The number of carboxylic acid groups (broad SMARTS) is 1. The molecule has 2 amide bonds. The van der Waals surface area contributed by atoms with E-state index in [4.69, 9.17) is 5.11 Å². The molecule has 2 rings (SSSR count). The average molecular weight is 220 g/mol. The number of rotatable bonds is 2. The molecule has 82 valence electrons. The first-order valence-corrected chi connectivity index (χ1v) is 4.52. The van der Waals surface area contributed by atoms with Crippen molar-refractivity contribution < 1.29 is 19.5 Å². The molecule has 0 bridgehead atoms. The van der Waals surface area contributed by atoms with E-state index in [9.17, 15) is 14.4 Å². The van der Waals surface area contributed by atoms with E-state index in [1.54, 1.807) is 6.07 Å². The number of aromatic carboxylic acids is 1. The Balaban J connectivity index is 2.40. The molecule has 1 saturated heterocycles. The molecule has 0 saturated carbocycles. The summed E-state index contributed by atoms with van der Waals surface area (Å²) in [7, 11) is 0. The zero-order chi connectivity index (χ0) is 11.7. The summed E-state index contributed by atoms with van der Waals surface area (Å²) in [6.45, 7) is 0. The maximum atomic E-state index is 11.3.